The molecule has 1 saturated heterocycles. The third-order valence-corrected chi connectivity index (χ3v) is 7.14. The van der Waals surface area contributed by atoms with Gasteiger partial charge in [-0.2, -0.15) is 13.2 Å². The minimum absolute atomic E-state index is 0.000807. The van der Waals surface area contributed by atoms with Gasteiger partial charge < -0.3 is 0 Å². The van der Waals surface area contributed by atoms with Crippen LogP contribution in [0.2, 0.25) is 0 Å². The quantitative estimate of drug-likeness (QED) is 0.272. The van der Waals surface area contributed by atoms with Crippen LogP contribution in [0.1, 0.15) is 11.6 Å². The van der Waals surface area contributed by atoms with Crippen molar-refractivity contribution in [3.8, 4) is 11.1 Å². The average Bonchev–Trinajstić information content (AvgIpc) is 3.31. The zero-order valence-corrected chi connectivity index (χ0v) is 21.5. The van der Waals surface area contributed by atoms with Crippen LogP contribution in [0.15, 0.2) is 48.9 Å². The Balaban J connectivity index is 1.54. The molecule has 13 heteroatoms. The molecule has 0 bridgehead atoms. The van der Waals surface area contributed by atoms with Crippen LogP contribution in [0.4, 0.5) is 36.8 Å². The van der Waals surface area contributed by atoms with Crippen molar-refractivity contribution in [1.29, 1.82) is 0 Å². The van der Waals surface area contributed by atoms with Crippen molar-refractivity contribution >= 4 is 44.1 Å². The van der Waals surface area contributed by atoms with E-state index < -0.39 is 42.2 Å². The molecule has 2 amide bonds. The van der Waals surface area contributed by atoms with E-state index in [-0.39, 0.29) is 23.4 Å². The molecular weight excluding hydrogens is 563 g/mol. The van der Waals surface area contributed by atoms with E-state index in [0.717, 1.165) is 23.1 Å². The minimum atomic E-state index is -4.77. The molecule has 5 rings (SSSR count). The van der Waals surface area contributed by atoms with Crippen LogP contribution in [0, 0.1) is 17.5 Å². The number of alkyl halides is 3. The van der Waals surface area contributed by atoms with E-state index in [1.807, 2.05) is 0 Å². The first kappa shape index (κ1) is 25.1. The van der Waals surface area contributed by atoms with Gasteiger partial charge in [0.25, 0.3) is 0 Å². The van der Waals surface area contributed by atoms with Crippen LogP contribution in [-0.2, 0) is 7.05 Å². The predicted octanol–water partition coefficient (Wildman–Crippen LogP) is 3.86. The molecule has 0 saturated carbocycles. The SMILES string of the molecule is Cn1cc(-c2ccc(N3CC(c4ccc(F)cc4F)N(CC(F)(F)F)C3=O)cc2F)c2c([AsH2])ncnc21. The maximum absolute atomic E-state index is 15.4. The van der Waals surface area contributed by atoms with E-state index in [1.54, 1.807) is 17.8 Å². The van der Waals surface area contributed by atoms with Gasteiger partial charge in [-0.25, -0.2) is 8.78 Å². The first-order chi connectivity index (χ1) is 17.4. The van der Waals surface area contributed by atoms with Crippen molar-refractivity contribution in [3.05, 3.63) is 71.9 Å². The second-order valence-corrected chi connectivity index (χ2v) is 9.74. The number of urea groups is 1. The molecule has 3 heterocycles. The molecule has 2 unspecified atom stereocenters. The van der Waals surface area contributed by atoms with Gasteiger partial charge in [0.15, 0.2) is 0 Å². The Morgan fingerprint density at radius 1 is 1.03 bits per heavy atom. The number of benzene rings is 2. The molecule has 1 aliphatic rings. The first-order valence-corrected chi connectivity index (χ1v) is 12.1. The summed E-state index contributed by atoms with van der Waals surface area (Å²) in [5.41, 5.74) is 1.06. The van der Waals surface area contributed by atoms with Crippen molar-refractivity contribution in [3.63, 3.8) is 0 Å². The molecule has 37 heavy (non-hydrogen) atoms. The number of hydrogen-bond acceptors (Lipinski definition) is 3. The summed E-state index contributed by atoms with van der Waals surface area (Å²) >= 11 is 1.23. The zero-order chi connectivity index (χ0) is 26.6. The third-order valence-electron chi connectivity index (χ3n) is 6.22. The van der Waals surface area contributed by atoms with Crippen LogP contribution in [-0.4, -0.2) is 61.6 Å². The number of anilines is 1. The van der Waals surface area contributed by atoms with Crippen molar-refractivity contribution < 1.29 is 31.1 Å². The summed E-state index contributed by atoms with van der Waals surface area (Å²) in [7, 11) is 1.75. The number of aromatic nitrogens is 3. The van der Waals surface area contributed by atoms with Gasteiger partial charge in [-0.15, -0.1) is 0 Å². The van der Waals surface area contributed by atoms with Gasteiger partial charge in [0, 0.05) is 6.07 Å². The number of amides is 2. The zero-order valence-electron chi connectivity index (χ0n) is 19.1. The second kappa shape index (κ2) is 9.09. The maximum atomic E-state index is 15.4. The Kier molecular flexibility index (Phi) is 6.18. The average molecular weight is 581 g/mol. The van der Waals surface area contributed by atoms with Gasteiger partial charge in [-0.05, 0) is 6.07 Å². The summed E-state index contributed by atoms with van der Waals surface area (Å²) in [6.07, 6.45) is -1.67. The van der Waals surface area contributed by atoms with Gasteiger partial charge >= 0.3 is 175 Å². The molecule has 6 nitrogen and oxygen atoms in total. The number of fused-ring (bicyclic) bond motifs is 1. The van der Waals surface area contributed by atoms with Crippen LogP contribution in [0.25, 0.3) is 22.2 Å². The molecule has 192 valence electrons. The normalized spacial score (nSPS) is 16.3. The van der Waals surface area contributed by atoms with Gasteiger partial charge in [0.1, 0.15) is 5.82 Å². The molecule has 2 atom stereocenters. The third kappa shape index (κ3) is 4.54. The molecule has 1 aliphatic heterocycles. The standard InChI is InChI=1S/C24H18AsF6N5O/c1-34-8-16(20-21(25)32-11-33-22(20)34)14-5-3-13(7-18(14)28)35-9-19(15-4-2-12(26)6-17(15)27)36(23(35)37)10-24(29,30)31/h2-8,11,19H,9-10,25H2,1H3. The van der Waals surface area contributed by atoms with Crippen LogP contribution in [0.3, 0.4) is 0 Å². The summed E-state index contributed by atoms with van der Waals surface area (Å²) in [5, 5.41) is 0.664. The summed E-state index contributed by atoms with van der Waals surface area (Å²) in [5.74, 6) is -2.70. The molecular formula is C24H18AsF6N5O. The van der Waals surface area contributed by atoms with E-state index in [9.17, 15) is 26.7 Å². The fourth-order valence-corrected chi connectivity index (χ4v) is 5.33. The Bertz CT molecular complexity index is 1540. The van der Waals surface area contributed by atoms with Crippen molar-refractivity contribution in [2.75, 3.05) is 18.0 Å². The van der Waals surface area contributed by atoms with Crippen LogP contribution >= 0.6 is 0 Å². The Morgan fingerprint density at radius 3 is 2.46 bits per heavy atom. The molecule has 0 aliphatic carbocycles. The van der Waals surface area contributed by atoms with Crippen LogP contribution < -0.4 is 9.38 Å². The second-order valence-electron chi connectivity index (χ2n) is 8.59. The van der Waals surface area contributed by atoms with Gasteiger partial charge in [0.2, 0.25) is 0 Å². The van der Waals surface area contributed by atoms with E-state index in [2.05, 4.69) is 9.97 Å². The summed E-state index contributed by atoms with van der Waals surface area (Å²) in [6.45, 7) is -2.04. The number of carbonyl (C=O) groups is 1. The van der Waals surface area contributed by atoms with Crippen molar-refractivity contribution in [2.45, 2.75) is 12.2 Å². The number of rotatable bonds is 4. The van der Waals surface area contributed by atoms with Gasteiger partial charge in [-0.1, -0.05) is 0 Å². The molecule has 2 aromatic heterocycles. The number of hydrogen-bond donors (Lipinski definition) is 0. The Labute approximate surface area is 215 Å². The Morgan fingerprint density at radius 2 is 1.78 bits per heavy atom. The van der Waals surface area contributed by atoms with E-state index in [0.29, 0.717) is 32.0 Å². The molecule has 2 aromatic carbocycles. The predicted molar refractivity (Wildman–Crippen MR) is 127 cm³/mol. The summed E-state index contributed by atoms with van der Waals surface area (Å²) in [4.78, 5) is 22.9. The number of aryl methyl sites for hydroxylation is 1. The van der Waals surface area contributed by atoms with E-state index in [1.165, 1.54) is 35.3 Å². The van der Waals surface area contributed by atoms with Crippen molar-refractivity contribution in [2.24, 2.45) is 7.05 Å². The molecule has 0 radical (unpaired) electrons. The van der Waals surface area contributed by atoms with Crippen molar-refractivity contribution in [1.82, 2.24) is 19.4 Å². The fourth-order valence-electron chi connectivity index (χ4n) is 4.59. The van der Waals surface area contributed by atoms with Gasteiger partial charge in [0.05, 0.1) is 0 Å². The topological polar surface area (TPSA) is 54.3 Å². The summed E-state index contributed by atoms with van der Waals surface area (Å²) in [6, 6.07) is 3.90. The number of carbonyl (C=O) groups excluding carboxylic acids is 1. The number of nitrogens with zero attached hydrogens (tertiary/aromatic N) is 5. The van der Waals surface area contributed by atoms with Crippen LogP contribution in [0.5, 0.6) is 0 Å². The molecule has 4 aromatic rings. The Hall–Kier alpha value is -3.53. The monoisotopic (exact) mass is 581 g/mol. The fraction of sp³-hybridized carbons (Fsp3) is 0.208. The molecule has 0 spiro atoms. The molecule has 1 fully saturated rings. The first-order valence-electron chi connectivity index (χ1n) is 10.9. The van der Waals surface area contributed by atoms with E-state index in [4.69, 9.17) is 0 Å². The van der Waals surface area contributed by atoms with E-state index >= 15 is 4.39 Å². The molecule has 0 N–H and O–H groups in total. The van der Waals surface area contributed by atoms with Gasteiger partial charge in [-0.3, -0.25) is 0 Å². The number of halogens is 6. The summed E-state index contributed by atoms with van der Waals surface area (Å²) < 4.78 is 85.6.